The molecule has 0 aromatic rings. The molecule has 0 saturated heterocycles. The highest BCUT2D eigenvalue weighted by molar-refractivity contribution is 7.22. The Hall–Kier alpha value is 0.220. The van der Waals surface area contributed by atoms with E-state index >= 15 is 0 Å². The van der Waals surface area contributed by atoms with Crippen LogP contribution in [0.15, 0.2) is 0 Å². The van der Waals surface area contributed by atoms with Crippen LogP contribution in [0.2, 0.25) is 0 Å². The van der Waals surface area contributed by atoms with Crippen LogP contribution in [0.1, 0.15) is 0 Å². The van der Waals surface area contributed by atoms with Gasteiger partial charge in [-0.15, -0.1) is 0 Å². The molecule has 0 bridgehead atoms. The van der Waals surface area contributed by atoms with Crippen LogP contribution < -0.4 is 0 Å². The Morgan fingerprint density at radius 1 is 1.60 bits per heavy atom. The second kappa shape index (κ2) is 4.22. The van der Waals surface area contributed by atoms with Crippen LogP contribution in [0.5, 0.6) is 0 Å². The molecular formula is B4O. The maximum atomic E-state index is 4.75. The van der Waals surface area contributed by atoms with E-state index in [2.05, 4.69) is 12.6 Å². The van der Waals surface area contributed by atoms with Gasteiger partial charge in [0.1, 0.15) is 0 Å². The molecule has 5 heteroatoms. The third kappa shape index (κ3) is 4.22. The fourth-order valence-corrected chi connectivity index (χ4v) is 0.0454. The topological polar surface area (TPSA) is 9.23 Å². The first kappa shape index (κ1) is 5.22. The van der Waals surface area contributed by atoms with Crippen molar-refractivity contribution in [2.45, 2.75) is 0 Å². The van der Waals surface area contributed by atoms with E-state index in [0.717, 1.165) is 0 Å². The smallest absolute Gasteiger partial charge is 0.257 e. The SMILES string of the molecule is [B][B][B]O[B]. The van der Waals surface area contributed by atoms with E-state index in [1.54, 1.807) is 0 Å². The average Bonchev–Trinajstić information content (AvgIpc) is 1.41. The molecule has 0 unspecified atom stereocenters. The van der Waals surface area contributed by atoms with Crippen LogP contribution in [0.25, 0.3) is 0 Å². The lowest BCUT2D eigenvalue weighted by Gasteiger charge is -1.81. The van der Waals surface area contributed by atoms with Crippen molar-refractivity contribution in [3.05, 3.63) is 0 Å². The molecule has 1 nitrogen and oxygen atoms in total. The van der Waals surface area contributed by atoms with Gasteiger partial charge >= 0.3 is 0 Å². The molecule has 0 rings (SSSR count). The largest absolute Gasteiger partial charge is 0.517 e. The average molecular weight is 59.2 g/mol. The monoisotopic (exact) mass is 60.0 g/mol. The van der Waals surface area contributed by atoms with Gasteiger partial charge in [0.05, 0.1) is 7.06 Å². The summed E-state index contributed by atoms with van der Waals surface area (Å²) in [5, 5.41) is 0. The zero-order chi connectivity index (χ0) is 4.12. The second-order valence-corrected chi connectivity index (χ2v) is 0.465. The van der Waals surface area contributed by atoms with Crippen molar-refractivity contribution in [1.82, 2.24) is 0 Å². The maximum Gasteiger partial charge on any atom is 0.257 e. The van der Waals surface area contributed by atoms with Gasteiger partial charge in [-0.2, -0.15) is 0 Å². The quantitative estimate of drug-likeness (QED) is 0.348. The van der Waals surface area contributed by atoms with Gasteiger partial charge in [0.15, 0.2) is 0 Å². The van der Waals surface area contributed by atoms with E-state index in [1.165, 1.54) is 14.4 Å². The summed E-state index contributed by atoms with van der Waals surface area (Å²) in [5.41, 5.74) is 0. The van der Waals surface area contributed by atoms with Gasteiger partial charge < -0.3 is 4.57 Å². The molecule has 0 aromatic heterocycles. The van der Waals surface area contributed by atoms with Crippen molar-refractivity contribution in [3.63, 3.8) is 0 Å². The van der Waals surface area contributed by atoms with Crippen molar-refractivity contribution in [2.75, 3.05) is 0 Å². The first-order valence-electron chi connectivity index (χ1n) is 1.14. The first-order valence-corrected chi connectivity index (χ1v) is 1.14. The Bertz CT molecular complexity index is 11.1. The zero-order valence-electron chi connectivity index (χ0n) is 2.72. The molecule has 0 heterocycles. The highest BCUT2D eigenvalue weighted by atomic mass is 16.4. The Balaban J connectivity index is 2.19. The highest BCUT2D eigenvalue weighted by Crippen LogP contribution is 1.44. The summed E-state index contributed by atoms with van der Waals surface area (Å²) in [6.07, 6.45) is 0. The summed E-state index contributed by atoms with van der Waals surface area (Å²) in [5.74, 6) is 0. The summed E-state index contributed by atoms with van der Waals surface area (Å²) in [4.78, 5) is 0. The molecule has 6 radical (unpaired) electrons. The van der Waals surface area contributed by atoms with Crippen molar-refractivity contribution in [3.8, 4) is 0 Å². The Morgan fingerprint density at radius 2 is 2.20 bits per heavy atom. The molecule has 0 aliphatic rings. The minimum atomic E-state index is 1.18. The first-order chi connectivity index (χ1) is 2.41. The molecule has 0 aromatic carbocycles. The third-order valence-electron chi connectivity index (χ3n) is 0.157. The lowest BCUT2D eigenvalue weighted by molar-refractivity contribution is 0.682. The highest BCUT2D eigenvalue weighted by Gasteiger charge is 1.74. The molecule has 0 N–H and O–H groups in total. The van der Waals surface area contributed by atoms with Crippen molar-refractivity contribution < 1.29 is 4.57 Å². The van der Waals surface area contributed by atoms with Crippen LogP contribution in [-0.2, 0) is 4.57 Å². The van der Waals surface area contributed by atoms with Gasteiger partial charge in [0.2, 0.25) is 7.37 Å². The zero-order valence-corrected chi connectivity index (χ0v) is 2.72. The van der Waals surface area contributed by atoms with Crippen molar-refractivity contribution in [1.29, 1.82) is 0 Å². The van der Waals surface area contributed by atoms with Crippen LogP contribution in [-0.4, -0.2) is 30.2 Å². The van der Waals surface area contributed by atoms with Crippen molar-refractivity contribution >= 4 is 30.2 Å². The molecule has 0 atom stereocenters. The maximum absolute atomic E-state index is 4.75. The normalized spacial score (nSPS) is 6.40. The lowest BCUT2D eigenvalue weighted by atomic mass is 9.35. The van der Waals surface area contributed by atoms with Crippen LogP contribution in [0, 0.1) is 0 Å². The van der Waals surface area contributed by atoms with E-state index in [9.17, 15) is 0 Å². The van der Waals surface area contributed by atoms with Crippen LogP contribution in [0.4, 0.5) is 0 Å². The molecule has 0 aliphatic heterocycles. The summed E-state index contributed by atoms with van der Waals surface area (Å²) in [6.45, 7) is 0. The molecule has 5 heavy (non-hydrogen) atoms. The summed E-state index contributed by atoms with van der Waals surface area (Å²) in [6, 6.07) is 0. The van der Waals surface area contributed by atoms with Crippen LogP contribution in [0.3, 0.4) is 0 Å². The van der Waals surface area contributed by atoms with Gasteiger partial charge in [-0.1, -0.05) is 0 Å². The molecule has 0 spiro atoms. The van der Waals surface area contributed by atoms with Gasteiger partial charge in [0, 0.05) is 7.74 Å². The Morgan fingerprint density at radius 3 is 2.20 bits per heavy atom. The van der Waals surface area contributed by atoms with Gasteiger partial charge in [-0.3, -0.25) is 0 Å². The molecule has 0 saturated carbocycles. The Labute approximate surface area is 35.8 Å². The minimum absolute atomic E-state index is 1.18. The summed E-state index contributed by atoms with van der Waals surface area (Å²) in [7, 11) is 11.6. The van der Waals surface area contributed by atoms with E-state index in [0.29, 0.717) is 0 Å². The van der Waals surface area contributed by atoms with Crippen LogP contribution >= 0.6 is 0 Å². The minimum Gasteiger partial charge on any atom is -0.517 e. The van der Waals surface area contributed by atoms with Gasteiger partial charge in [0.25, 0.3) is 8.05 Å². The lowest BCUT2D eigenvalue weighted by Crippen LogP contribution is -2.05. The van der Waals surface area contributed by atoms with E-state index in [4.69, 9.17) is 7.74 Å². The van der Waals surface area contributed by atoms with Gasteiger partial charge in [-0.25, -0.2) is 0 Å². The molecular weight excluding hydrogens is 59.2 g/mol. The summed E-state index contributed by atoms with van der Waals surface area (Å²) >= 11 is 0. The van der Waals surface area contributed by atoms with Gasteiger partial charge in [-0.05, 0) is 0 Å². The van der Waals surface area contributed by atoms with Crippen molar-refractivity contribution in [2.24, 2.45) is 0 Å². The predicted octanol–water partition coefficient (Wildman–Crippen LogP) is -1.59. The van der Waals surface area contributed by atoms with E-state index < -0.39 is 0 Å². The molecule has 0 amide bonds. The number of hydrogen-bond donors (Lipinski definition) is 0. The predicted molar refractivity (Wildman–Crippen MR) is 24.1 cm³/mol. The number of rotatable bonds is 2. The summed E-state index contributed by atoms with van der Waals surface area (Å²) < 4.78 is 3.89. The second-order valence-electron chi connectivity index (χ2n) is 0.465. The van der Waals surface area contributed by atoms with E-state index in [1.807, 2.05) is 0 Å². The van der Waals surface area contributed by atoms with E-state index in [-0.39, 0.29) is 0 Å². The standard InChI is InChI=1S/B4O/c1-3-4-5-2. The fraction of sp³-hybridized carbons (Fsp3) is 0. The Kier molecular flexibility index (Phi) is 4.41. The molecule has 0 aliphatic carbocycles. The fourth-order valence-electron chi connectivity index (χ4n) is 0.0454. The number of hydrogen-bond acceptors (Lipinski definition) is 1. The molecule has 18 valence electrons. The molecule has 0 fully saturated rings. The third-order valence-corrected chi connectivity index (χ3v) is 0.157.